The number of benzene rings is 2. The van der Waals surface area contributed by atoms with Gasteiger partial charge in [-0.25, -0.2) is 9.78 Å². The first-order valence-electron chi connectivity index (χ1n) is 12.4. The van der Waals surface area contributed by atoms with Crippen molar-refractivity contribution in [1.29, 1.82) is 0 Å². The van der Waals surface area contributed by atoms with Crippen LogP contribution in [-0.4, -0.2) is 44.4 Å². The molecule has 188 valence electrons. The van der Waals surface area contributed by atoms with Crippen LogP contribution in [-0.2, 0) is 13.1 Å². The first-order valence-corrected chi connectivity index (χ1v) is 12.4. The average molecular weight is 489 g/mol. The molecule has 4 aromatic rings. The summed E-state index contributed by atoms with van der Waals surface area (Å²) in [6.07, 6.45) is 5.09. The van der Waals surface area contributed by atoms with E-state index in [2.05, 4.69) is 26.3 Å². The molecular formula is C27H32N6O3. The van der Waals surface area contributed by atoms with Gasteiger partial charge in [0, 0.05) is 18.7 Å². The van der Waals surface area contributed by atoms with Gasteiger partial charge in [0.2, 0.25) is 5.95 Å². The van der Waals surface area contributed by atoms with Crippen LogP contribution < -0.4 is 21.5 Å². The largest absolute Gasteiger partial charge is 0.496 e. The average Bonchev–Trinajstić information content (AvgIpc) is 3.22. The molecular weight excluding hydrogens is 456 g/mol. The second-order valence-electron chi connectivity index (χ2n) is 9.43. The van der Waals surface area contributed by atoms with E-state index in [1.54, 1.807) is 17.9 Å². The molecule has 2 aromatic carbocycles. The highest BCUT2D eigenvalue weighted by molar-refractivity contribution is 5.71. The van der Waals surface area contributed by atoms with E-state index in [4.69, 9.17) is 10.5 Å². The third kappa shape index (κ3) is 5.12. The summed E-state index contributed by atoms with van der Waals surface area (Å²) in [5.41, 5.74) is 10.7. The van der Waals surface area contributed by atoms with E-state index in [0.717, 1.165) is 54.5 Å². The number of anilines is 1. The maximum atomic E-state index is 12.9. The van der Waals surface area contributed by atoms with E-state index >= 15 is 0 Å². The van der Waals surface area contributed by atoms with E-state index < -0.39 is 0 Å². The van der Waals surface area contributed by atoms with Crippen molar-refractivity contribution < 1.29 is 9.84 Å². The van der Waals surface area contributed by atoms with Crippen LogP contribution in [0.15, 0.2) is 53.5 Å². The van der Waals surface area contributed by atoms with Crippen molar-refractivity contribution in [2.75, 3.05) is 19.0 Å². The number of aromatic nitrogens is 4. The Kier molecular flexibility index (Phi) is 7.02. The lowest BCUT2D eigenvalue weighted by atomic mass is 9.87. The molecule has 5 rings (SSSR count). The number of aliphatic hydroxyl groups excluding tert-OH is 1. The minimum atomic E-state index is -0.254. The number of H-pyrrole nitrogens is 1. The van der Waals surface area contributed by atoms with E-state index in [-0.39, 0.29) is 11.8 Å². The maximum absolute atomic E-state index is 12.9. The Morgan fingerprint density at radius 1 is 1.17 bits per heavy atom. The Balaban J connectivity index is 1.42. The Hall–Kier alpha value is -3.69. The van der Waals surface area contributed by atoms with Crippen LogP contribution >= 0.6 is 0 Å². The predicted octanol–water partition coefficient (Wildman–Crippen LogP) is 3.27. The van der Waals surface area contributed by atoms with Gasteiger partial charge in [-0.2, -0.15) is 4.98 Å². The Labute approximate surface area is 209 Å². The summed E-state index contributed by atoms with van der Waals surface area (Å²) in [7, 11) is 1.63. The van der Waals surface area contributed by atoms with Crippen LogP contribution in [0.1, 0.15) is 36.8 Å². The van der Waals surface area contributed by atoms with Crippen molar-refractivity contribution >= 4 is 17.1 Å². The summed E-state index contributed by atoms with van der Waals surface area (Å²) in [4.78, 5) is 24.8. The molecule has 2 heterocycles. The normalized spacial score (nSPS) is 17.9. The minimum absolute atomic E-state index is 0.178. The summed E-state index contributed by atoms with van der Waals surface area (Å²) in [6, 6.07) is 14.1. The zero-order chi connectivity index (χ0) is 25.1. The Bertz CT molecular complexity index is 1400. The first kappa shape index (κ1) is 24.0. The van der Waals surface area contributed by atoms with Gasteiger partial charge >= 0.3 is 5.69 Å². The fourth-order valence-electron chi connectivity index (χ4n) is 4.89. The molecule has 1 aliphatic rings. The van der Waals surface area contributed by atoms with E-state index in [1.165, 1.54) is 0 Å². The highest BCUT2D eigenvalue weighted by Crippen LogP contribution is 2.28. The molecule has 0 amide bonds. The summed E-state index contributed by atoms with van der Waals surface area (Å²) < 4.78 is 7.22. The van der Waals surface area contributed by atoms with Gasteiger partial charge in [0.15, 0.2) is 5.65 Å². The number of ether oxygens (including phenoxy) is 1. The fraction of sp³-hybridized carbons (Fsp3) is 0.370. The number of nitrogens with one attached hydrogen (secondary N) is 2. The summed E-state index contributed by atoms with van der Waals surface area (Å²) in [5.74, 6) is 1.66. The number of methoxy groups -OCH3 is 1. The third-order valence-corrected chi connectivity index (χ3v) is 6.98. The molecule has 0 bridgehead atoms. The summed E-state index contributed by atoms with van der Waals surface area (Å²) in [5, 5.41) is 13.1. The van der Waals surface area contributed by atoms with Crippen LogP contribution in [0, 0.1) is 5.92 Å². The van der Waals surface area contributed by atoms with E-state index in [1.807, 2.05) is 36.4 Å². The lowest BCUT2D eigenvalue weighted by Crippen LogP contribution is -2.24. The molecule has 0 saturated heterocycles. The van der Waals surface area contributed by atoms with Crippen LogP contribution in [0.5, 0.6) is 5.75 Å². The molecule has 2 aromatic heterocycles. The van der Waals surface area contributed by atoms with Crippen LogP contribution in [0.4, 0.5) is 5.95 Å². The van der Waals surface area contributed by atoms with Crippen molar-refractivity contribution in [2.24, 2.45) is 11.7 Å². The van der Waals surface area contributed by atoms with Crippen LogP contribution in [0.2, 0.25) is 0 Å². The van der Waals surface area contributed by atoms with E-state index in [0.29, 0.717) is 41.9 Å². The van der Waals surface area contributed by atoms with Gasteiger partial charge in [0.1, 0.15) is 11.3 Å². The van der Waals surface area contributed by atoms with Gasteiger partial charge in [-0.05, 0) is 66.5 Å². The molecule has 0 radical (unpaired) electrons. The highest BCUT2D eigenvalue weighted by atomic mass is 16.5. The van der Waals surface area contributed by atoms with Crippen LogP contribution in [0.25, 0.3) is 22.3 Å². The van der Waals surface area contributed by atoms with Crippen molar-refractivity contribution in [3.63, 3.8) is 0 Å². The third-order valence-electron chi connectivity index (χ3n) is 6.98. The molecule has 36 heavy (non-hydrogen) atoms. The van der Waals surface area contributed by atoms with Crippen molar-refractivity contribution in [3.05, 3.63) is 70.3 Å². The Morgan fingerprint density at radius 2 is 1.97 bits per heavy atom. The molecule has 0 unspecified atom stereocenters. The summed E-state index contributed by atoms with van der Waals surface area (Å²) in [6.45, 7) is 1.51. The fourth-order valence-corrected chi connectivity index (χ4v) is 4.89. The molecule has 1 aliphatic carbocycles. The standard InChI is InChI=1S/C27H32N6O3/c1-36-24-10-7-20(19-4-2-3-18(11-19)13-28)12-21(24)16-33-25-23(31-27(33)35)15-30-26(32-25)29-14-17-5-8-22(34)9-6-17/h2-4,7,10-12,15,17,22,34H,5-6,8-9,13-14,16,28H2,1H3,(H,31,35)(H,29,30,32). The molecule has 0 spiro atoms. The van der Waals surface area contributed by atoms with E-state index in [9.17, 15) is 9.90 Å². The molecule has 1 fully saturated rings. The molecule has 5 N–H and O–H groups in total. The molecule has 9 heteroatoms. The number of nitrogens with zero attached hydrogens (tertiary/aromatic N) is 3. The number of fused-ring (bicyclic) bond motifs is 1. The summed E-state index contributed by atoms with van der Waals surface area (Å²) >= 11 is 0. The lowest BCUT2D eigenvalue weighted by molar-refractivity contribution is 0.111. The zero-order valence-corrected chi connectivity index (χ0v) is 20.4. The first-order chi connectivity index (χ1) is 17.5. The van der Waals surface area contributed by atoms with Gasteiger partial charge < -0.3 is 25.9 Å². The maximum Gasteiger partial charge on any atom is 0.328 e. The highest BCUT2D eigenvalue weighted by Gasteiger charge is 2.20. The predicted molar refractivity (Wildman–Crippen MR) is 140 cm³/mol. The molecule has 0 atom stereocenters. The lowest BCUT2D eigenvalue weighted by Gasteiger charge is -2.25. The number of hydrogen-bond donors (Lipinski definition) is 4. The minimum Gasteiger partial charge on any atom is -0.496 e. The van der Waals surface area contributed by atoms with Crippen molar-refractivity contribution in [1.82, 2.24) is 19.5 Å². The van der Waals surface area contributed by atoms with Crippen LogP contribution in [0.3, 0.4) is 0 Å². The number of aromatic amines is 1. The molecule has 9 nitrogen and oxygen atoms in total. The number of hydrogen-bond acceptors (Lipinski definition) is 7. The smallest absolute Gasteiger partial charge is 0.328 e. The van der Waals surface area contributed by atoms with Crippen molar-refractivity contribution in [2.45, 2.75) is 44.9 Å². The topological polar surface area (TPSA) is 131 Å². The monoisotopic (exact) mass is 488 g/mol. The van der Waals surface area contributed by atoms with Gasteiger partial charge in [-0.1, -0.05) is 24.3 Å². The quantitative estimate of drug-likeness (QED) is 0.299. The Morgan fingerprint density at radius 3 is 2.75 bits per heavy atom. The SMILES string of the molecule is COc1ccc(-c2cccc(CN)c2)cc1Cn1c(=O)[nH]c2cnc(NCC3CCC(O)CC3)nc21. The molecule has 1 saturated carbocycles. The number of imidazole rings is 1. The van der Waals surface area contributed by atoms with Crippen molar-refractivity contribution in [3.8, 4) is 16.9 Å². The number of nitrogens with two attached hydrogens (primary N) is 1. The zero-order valence-electron chi connectivity index (χ0n) is 20.4. The molecule has 0 aliphatic heterocycles. The van der Waals surface area contributed by atoms with Gasteiger partial charge in [-0.15, -0.1) is 0 Å². The number of aliphatic hydroxyl groups is 1. The number of rotatable bonds is 8. The van der Waals surface area contributed by atoms with Gasteiger partial charge in [0.25, 0.3) is 0 Å². The second-order valence-corrected chi connectivity index (χ2v) is 9.43. The van der Waals surface area contributed by atoms with Gasteiger partial charge in [0.05, 0.1) is 26.0 Å². The van der Waals surface area contributed by atoms with Gasteiger partial charge in [-0.3, -0.25) is 4.57 Å². The second kappa shape index (κ2) is 10.5.